The average molecular weight is 210 g/mol. The Bertz CT molecular complexity index is 335. The van der Waals surface area contributed by atoms with Crippen molar-refractivity contribution in [2.75, 3.05) is 13.7 Å². The topological polar surface area (TPSA) is 55.8 Å². The molecule has 0 radical (unpaired) electrons. The van der Waals surface area contributed by atoms with E-state index in [2.05, 4.69) is 0 Å². The quantitative estimate of drug-likeness (QED) is 0.805. The summed E-state index contributed by atoms with van der Waals surface area (Å²) >= 11 is 0. The fourth-order valence-electron chi connectivity index (χ4n) is 1.20. The number of carboxylic acid groups (broad SMARTS) is 1. The summed E-state index contributed by atoms with van der Waals surface area (Å²) in [5.74, 6) is -0.417. The lowest BCUT2D eigenvalue weighted by atomic mass is 10.2. The monoisotopic (exact) mass is 210 g/mol. The SMILES string of the molecule is COC[C@@H](C)Oc1cccc(C(=O)O)c1. The van der Waals surface area contributed by atoms with Gasteiger partial charge in [0, 0.05) is 7.11 Å². The molecule has 0 saturated carbocycles. The maximum absolute atomic E-state index is 10.7. The Hall–Kier alpha value is -1.55. The molecule has 0 aliphatic heterocycles. The van der Waals surface area contributed by atoms with Crippen molar-refractivity contribution < 1.29 is 19.4 Å². The minimum absolute atomic E-state index is 0.0981. The summed E-state index contributed by atoms with van der Waals surface area (Å²) < 4.78 is 10.4. The highest BCUT2D eigenvalue weighted by molar-refractivity contribution is 5.87. The van der Waals surface area contributed by atoms with E-state index in [4.69, 9.17) is 14.6 Å². The third kappa shape index (κ3) is 3.59. The second kappa shape index (κ2) is 5.36. The van der Waals surface area contributed by atoms with Crippen molar-refractivity contribution in [3.05, 3.63) is 29.8 Å². The molecule has 1 rings (SSSR count). The zero-order chi connectivity index (χ0) is 11.3. The van der Waals surface area contributed by atoms with E-state index in [1.165, 1.54) is 12.1 Å². The van der Waals surface area contributed by atoms with Crippen LogP contribution in [0.25, 0.3) is 0 Å². The Kier molecular flexibility index (Phi) is 4.12. The molecule has 15 heavy (non-hydrogen) atoms. The van der Waals surface area contributed by atoms with Crippen LogP contribution < -0.4 is 4.74 Å². The number of benzene rings is 1. The van der Waals surface area contributed by atoms with Gasteiger partial charge in [0.25, 0.3) is 0 Å². The van der Waals surface area contributed by atoms with E-state index >= 15 is 0 Å². The standard InChI is InChI=1S/C11H14O4/c1-8(7-14-2)15-10-5-3-4-9(6-10)11(12)13/h3-6,8H,7H2,1-2H3,(H,12,13)/t8-/m1/s1. The summed E-state index contributed by atoms with van der Waals surface area (Å²) in [5, 5.41) is 8.77. The predicted octanol–water partition coefficient (Wildman–Crippen LogP) is 1.80. The Balaban J connectivity index is 2.69. The van der Waals surface area contributed by atoms with Gasteiger partial charge in [0.05, 0.1) is 12.2 Å². The van der Waals surface area contributed by atoms with Crippen LogP contribution in [0.4, 0.5) is 0 Å². The van der Waals surface area contributed by atoms with Crippen LogP contribution in [-0.2, 0) is 4.74 Å². The van der Waals surface area contributed by atoms with Gasteiger partial charge in [-0.05, 0) is 25.1 Å². The molecule has 1 atom stereocenters. The first-order chi connectivity index (χ1) is 7.13. The first-order valence-electron chi connectivity index (χ1n) is 4.62. The lowest BCUT2D eigenvalue weighted by molar-refractivity contribution is 0.0694. The van der Waals surface area contributed by atoms with Crippen molar-refractivity contribution >= 4 is 5.97 Å². The van der Waals surface area contributed by atoms with Crippen LogP contribution >= 0.6 is 0 Å². The van der Waals surface area contributed by atoms with Gasteiger partial charge in [-0.15, -0.1) is 0 Å². The van der Waals surface area contributed by atoms with E-state index in [0.29, 0.717) is 12.4 Å². The van der Waals surface area contributed by atoms with E-state index in [0.717, 1.165) is 0 Å². The molecule has 0 aliphatic carbocycles. The summed E-state index contributed by atoms with van der Waals surface area (Å²) in [5.41, 5.74) is 0.220. The van der Waals surface area contributed by atoms with Crippen molar-refractivity contribution in [2.45, 2.75) is 13.0 Å². The average Bonchev–Trinajstić information content (AvgIpc) is 2.18. The molecule has 82 valence electrons. The number of aromatic carboxylic acids is 1. The molecule has 4 heteroatoms. The van der Waals surface area contributed by atoms with Crippen LogP contribution in [0, 0.1) is 0 Å². The molecule has 0 heterocycles. The molecule has 0 saturated heterocycles. The normalized spacial score (nSPS) is 12.1. The molecule has 0 fully saturated rings. The van der Waals surface area contributed by atoms with Crippen LogP contribution in [0.5, 0.6) is 5.75 Å². The van der Waals surface area contributed by atoms with Gasteiger partial charge in [-0.1, -0.05) is 6.07 Å². The Morgan fingerprint density at radius 1 is 1.53 bits per heavy atom. The van der Waals surface area contributed by atoms with E-state index in [9.17, 15) is 4.79 Å². The van der Waals surface area contributed by atoms with Gasteiger partial charge in [0.15, 0.2) is 0 Å². The smallest absolute Gasteiger partial charge is 0.335 e. The number of hydrogen-bond donors (Lipinski definition) is 1. The maximum Gasteiger partial charge on any atom is 0.335 e. The van der Waals surface area contributed by atoms with Gasteiger partial charge in [-0.2, -0.15) is 0 Å². The molecule has 0 unspecified atom stereocenters. The lowest BCUT2D eigenvalue weighted by Crippen LogP contribution is -2.18. The highest BCUT2D eigenvalue weighted by Crippen LogP contribution is 2.14. The molecule has 1 aromatic carbocycles. The van der Waals surface area contributed by atoms with Crippen molar-refractivity contribution in [3.63, 3.8) is 0 Å². The third-order valence-electron chi connectivity index (χ3n) is 1.82. The second-order valence-electron chi connectivity index (χ2n) is 3.22. The van der Waals surface area contributed by atoms with Gasteiger partial charge in [0.2, 0.25) is 0 Å². The van der Waals surface area contributed by atoms with Crippen molar-refractivity contribution in [1.82, 2.24) is 0 Å². The Morgan fingerprint density at radius 2 is 2.27 bits per heavy atom. The number of carboxylic acids is 1. The number of rotatable bonds is 5. The molecule has 4 nitrogen and oxygen atoms in total. The highest BCUT2D eigenvalue weighted by atomic mass is 16.5. The summed E-state index contributed by atoms with van der Waals surface area (Å²) in [6.45, 7) is 2.33. The molecule has 0 aliphatic rings. The van der Waals surface area contributed by atoms with Crippen LogP contribution in [0.1, 0.15) is 17.3 Å². The summed E-state index contributed by atoms with van der Waals surface area (Å²) in [7, 11) is 1.59. The zero-order valence-electron chi connectivity index (χ0n) is 8.77. The molecule has 0 bridgehead atoms. The van der Waals surface area contributed by atoms with E-state index < -0.39 is 5.97 Å². The minimum atomic E-state index is -0.958. The van der Waals surface area contributed by atoms with Crippen molar-refractivity contribution in [3.8, 4) is 5.75 Å². The van der Waals surface area contributed by atoms with Crippen LogP contribution in [0.3, 0.4) is 0 Å². The molecule has 0 amide bonds. The van der Waals surface area contributed by atoms with Crippen molar-refractivity contribution in [2.24, 2.45) is 0 Å². The van der Waals surface area contributed by atoms with Gasteiger partial charge < -0.3 is 14.6 Å². The molecular formula is C11H14O4. The third-order valence-corrected chi connectivity index (χ3v) is 1.82. The number of hydrogen-bond acceptors (Lipinski definition) is 3. The minimum Gasteiger partial charge on any atom is -0.488 e. The van der Waals surface area contributed by atoms with Crippen LogP contribution in [0.15, 0.2) is 24.3 Å². The van der Waals surface area contributed by atoms with E-state index in [-0.39, 0.29) is 11.7 Å². The molecule has 1 aromatic rings. The Labute approximate surface area is 88.4 Å². The maximum atomic E-state index is 10.7. The molecule has 1 N–H and O–H groups in total. The van der Waals surface area contributed by atoms with Gasteiger partial charge in [-0.25, -0.2) is 4.79 Å². The number of methoxy groups -OCH3 is 1. The second-order valence-corrected chi connectivity index (χ2v) is 3.22. The number of carbonyl (C=O) groups is 1. The largest absolute Gasteiger partial charge is 0.488 e. The van der Waals surface area contributed by atoms with Crippen LogP contribution in [0.2, 0.25) is 0 Å². The molecule has 0 aromatic heterocycles. The van der Waals surface area contributed by atoms with Gasteiger partial charge in [-0.3, -0.25) is 0 Å². The fourth-order valence-corrected chi connectivity index (χ4v) is 1.20. The first kappa shape index (κ1) is 11.5. The lowest BCUT2D eigenvalue weighted by Gasteiger charge is -2.13. The zero-order valence-corrected chi connectivity index (χ0v) is 8.77. The summed E-state index contributed by atoms with van der Waals surface area (Å²) in [4.78, 5) is 10.7. The fraction of sp³-hybridized carbons (Fsp3) is 0.364. The van der Waals surface area contributed by atoms with Crippen LogP contribution in [-0.4, -0.2) is 30.9 Å². The predicted molar refractivity (Wildman–Crippen MR) is 55.4 cm³/mol. The number of ether oxygens (including phenoxy) is 2. The van der Waals surface area contributed by atoms with Gasteiger partial charge >= 0.3 is 5.97 Å². The van der Waals surface area contributed by atoms with Crippen molar-refractivity contribution in [1.29, 1.82) is 0 Å². The Morgan fingerprint density at radius 3 is 2.87 bits per heavy atom. The summed E-state index contributed by atoms with van der Waals surface area (Å²) in [6.07, 6.45) is -0.0981. The van der Waals surface area contributed by atoms with Gasteiger partial charge in [0.1, 0.15) is 11.9 Å². The molecular weight excluding hydrogens is 196 g/mol. The van der Waals surface area contributed by atoms with E-state index in [1.807, 2.05) is 6.92 Å². The highest BCUT2D eigenvalue weighted by Gasteiger charge is 2.06. The molecule has 0 spiro atoms. The van der Waals surface area contributed by atoms with E-state index in [1.54, 1.807) is 19.2 Å². The first-order valence-corrected chi connectivity index (χ1v) is 4.62. The summed E-state index contributed by atoms with van der Waals surface area (Å²) in [6, 6.07) is 6.39.